The number of carboxylic acids is 1. The smallest absolute Gasteiger partial charge is 0.326 e. The molecule has 7 nitrogen and oxygen atoms in total. The van der Waals surface area contributed by atoms with Crippen LogP contribution in [0.15, 0.2) is 46.9 Å². The first-order chi connectivity index (χ1) is 15.0. The van der Waals surface area contributed by atoms with Crippen molar-refractivity contribution < 1.29 is 19.1 Å². The minimum Gasteiger partial charge on any atom is -0.480 e. The summed E-state index contributed by atoms with van der Waals surface area (Å²) in [6, 6.07) is 9.29. The lowest BCUT2D eigenvalue weighted by atomic mass is 10.2. The van der Waals surface area contributed by atoms with Crippen LogP contribution in [0.5, 0.6) is 0 Å². The molecule has 0 saturated carbocycles. The van der Waals surface area contributed by atoms with Gasteiger partial charge in [-0.3, -0.25) is 9.36 Å². The summed E-state index contributed by atoms with van der Waals surface area (Å²) in [4.78, 5) is 27.1. The molecule has 162 valence electrons. The predicted octanol–water partition coefficient (Wildman–Crippen LogP) is 4.16. The molecule has 2 aromatic heterocycles. The number of aliphatic carboxylic acids is 1. The molecule has 1 N–H and O–H groups in total. The van der Waals surface area contributed by atoms with E-state index < -0.39 is 12.0 Å². The largest absolute Gasteiger partial charge is 0.480 e. The second-order valence-corrected chi connectivity index (χ2v) is 9.87. The topological polar surface area (TPSA) is 88.3 Å². The number of carbonyl (C=O) groups is 2. The number of thiophene rings is 1. The molecule has 3 heterocycles. The number of halogens is 1. The van der Waals surface area contributed by atoms with E-state index in [0.29, 0.717) is 23.1 Å². The molecule has 1 saturated heterocycles. The summed E-state index contributed by atoms with van der Waals surface area (Å²) in [6.07, 6.45) is 0. The summed E-state index contributed by atoms with van der Waals surface area (Å²) < 4.78 is 15.8. The Bertz CT molecular complexity index is 1090. The Hall–Kier alpha value is -2.37. The molecule has 1 aromatic carbocycles. The lowest BCUT2D eigenvalue weighted by Gasteiger charge is -2.24. The number of hydrogen-bond donors (Lipinski definition) is 1. The van der Waals surface area contributed by atoms with E-state index in [1.165, 1.54) is 29.2 Å². The van der Waals surface area contributed by atoms with Crippen molar-refractivity contribution in [1.29, 1.82) is 0 Å². The molecule has 1 amide bonds. The fraction of sp³-hybridized carbons (Fsp3) is 0.300. The molecule has 0 spiro atoms. The fourth-order valence-corrected chi connectivity index (χ4v) is 6.18. The van der Waals surface area contributed by atoms with Gasteiger partial charge in [0.25, 0.3) is 0 Å². The zero-order valence-corrected chi connectivity index (χ0v) is 18.9. The fourth-order valence-electron chi connectivity index (χ4n) is 3.28. The zero-order valence-electron chi connectivity index (χ0n) is 16.5. The molecule has 0 bridgehead atoms. The van der Waals surface area contributed by atoms with Gasteiger partial charge in [-0.05, 0) is 24.4 Å². The molecule has 1 fully saturated rings. The van der Waals surface area contributed by atoms with Crippen molar-refractivity contribution in [1.82, 2.24) is 19.7 Å². The summed E-state index contributed by atoms with van der Waals surface area (Å²) in [5.41, 5.74) is 0.492. The van der Waals surface area contributed by atoms with Gasteiger partial charge in [0, 0.05) is 17.9 Å². The molecule has 11 heteroatoms. The third-order valence-corrected chi connectivity index (χ3v) is 7.89. The molecule has 0 unspecified atom stereocenters. The minimum atomic E-state index is -1.01. The van der Waals surface area contributed by atoms with Gasteiger partial charge in [0.15, 0.2) is 11.0 Å². The highest BCUT2D eigenvalue weighted by molar-refractivity contribution is 8.00. The molecule has 4 rings (SSSR count). The van der Waals surface area contributed by atoms with Crippen LogP contribution >= 0.6 is 34.9 Å². The van der Waals surface area contributed by atoms with Crippen LogP contribution in [0.3, 0.4) is 0 Å². The molecule has 2 atom stereocenters. The maximum Gasteiger partial charge on any atom is 0.326 e. The van der Waals surface area contributed by atoms with Crippen molar-refractivity contribution in [2.24, 2.45) is 0 Å². The number of amides is 1. The van der Waals surface area contributed by atoms with Gasteiger partial charge in [0.1, 0.15) is 17.2 Å². The number of benzene rings is 1. The summed E-state index contributed by atoms with van der Waals surface area (Å²) in [5.74, 6) is -0.256. The Morgan fingerprint density at radius 3 is 2.81 bits per heavy atom. The molecular formula is C20H19FN4O3S3. The van der Waals surface area contributed by atoms with Crippen LogP contribution in [-0.4, -0.2) is 54.7 Å². The first kappa shape index (κ1) is 21.8. The Morgan fingerprint density at radius 1 is 1.29 bits per heavy atom. The van der Waals surface area contributed by atoms with Gasteiger partial charge in [-0.1, -0.05) is 36.0 Å². The number of rotatable bonds is 7. The van der Waals surface area contributed by atoms with E-state index in [2.05, 4.69) is 10.2 Å². The van der Waals surface area contributed by atoms with E-state index in [9.17, 15) is 19.1 Å². The normalized spacial score (nSPS) is 17.1. The van der Waals surface area contributed by atoms with Crippen LogP contribution in [0.25, 0.3) is 10.7 Å². The Morgan fingerprint density at radius 2 is 2.10 bits per heavy atom. The van der Waals surface area contributed by atoms with Crippen molar-refractivity contribution in [3.63, 3.8) is 0 Å². The van der Waals surface area contributed by atoms with Gasteiger partial charge >= 0.3 is 5.97 Å². The van der Waals surface area contributed by atoms with E-state index in [1.54, 1.807) is 34.6 Å². The second kappa shape index (κ2) is 9.41. The average molecular weight is 479 g/mol. The molecule has 1 aliphatic rings. The van der Waals surface area contributed by atoms with Gasteiger partial charge in [0.2, 0.25) is 5.91 Å². The summed E-state index contributed by atoms with van der Waals surface area (Å²) >= 11 is 4.11. The number of carbonyl (C=O) groups excluding carboxylic acids is 1. The number of thioether (sulfide) groups is 2. The van der Waals surface area contributed by atoms with Crippen molar-refractivity contribution in [2.75, 3.05) is 18.1 Å². The Balaban J connectivity index is 1.53. The first-order valence-corrected chi connectivity index (χ1v) is 12.4. The van der Waals surface area contributed by atoms with Crippen LogP contribution < -0.4 is 0 Å². The third kappa shape index (κ3) is 4.48. The molecule has 0 aliphatic carbocycles. The van der Waals surface area contributed by atoms with Gasteiger partial charge in [0.05, 0.1) is 10.6 Å². The monoisotopic (exact) mass is 478 g/mol. The van der Waals surface area contributed by atoms with E-state index in [1.807, 2.05) is 17.5 Å². The first-order valence-electron chi connectivity index (χ1n) is 9.47. The van der Waals surface area contributed by atoms with Crippen LogP contribution in [0, 0.1) is 5.82 Å². The quantitative estimate of drug-likeness (QED) is 0.510. The summed E-state index contributed by atoms with van der Waals surface area (Å²) in [5, 5.41) is 19.7. The van der Waals surface area contributed by atoms with E-state index in [4.69, 9.17) is 0 Å². The Kier molecular flexibility index (Phi) is 6.63. The second-order valence-electron chi connectivity index (χ2n) is 6.79. The predicted molar refractivity (Wildman–Crippen MR) is 120 cm³/mol. The van der Waals surface area contributed by atoms with Gasteiger partial charge in [-0.2, -0.15) is 0 Å². The maximum atomic E-state index is 14.3. The molecule has 0 radical (unpaired) electrons. The van der Waals surface area contributed by atoms with E-state index in [0.717, 1.165) is 22.4 Å². The standard InChI is InChI=1S/C20H19FN4O3S3/c1-12(19(27)28)25-17(15-7-4-9-29-15)22-23-20(25)31-11-16(26)24-8-10-30-18(24)13-5-2-3-6-14(13)21/h2-7,9,12,18H,8,10-11H2,1H3,(H,27,28)/t12-,18-/m1/s1. The highest BCUT2D eigenvalue weighted by Crippen LogP contribution is 2.39. The highest BCUT2D eigenvalue weighted by atomic mass is 32.2. The van der Waals surface area contributed by atoms with Crippen LogP contribution in [0.1, 0.15) is 23.9 Å². The van der Waals surface area contributed by atoms with Gasteiger partial charge < -0.3 is 10.0 Å². The van der Waals surface area contributed by atoms with Crippen molar-refractivity contribution in [3.05, 3.63) is 53.2 Å². The van der Waals surface area contributed by atoms with Crippen molar-refractivity contribution in [2.45, 2.75) is 23.5 Å². The third-order valence-electron chi connectivity index (χ3n) is 4.86. The molecular weight excluding hydrogens is 459 g/mol. The van der Waals surface area contributed by atoms with Gasteiger partial charge in [-0.25, -0.2) is 9.18 Å². The van der Waals surface area contributed by atoms with Crippen LogP contribution in [0.2, 0.25) is 0 Å². The van der Waals surface area contributed by atoms with Crippen molar-refractivity contribution in [3.8, 4) is 10.7 Å². The van der Waals surface area contributed by atoms with Crippen molar-refractivity contribution >= 4 is 46.7 Å². The molecule has 1 aliphatic heterocycles. The van der Waals surface area contributed by atoms with Crippen LogP contribution in [0.4, 0.5) is 4.39 Å². The zero-order chi connectivity index (χ0) is 22.0. The van der Waals surface area contributed by atoms with E-state index in [-0.39, 0.29) is 22.9 Å². The Labute approximate surface area is 190 Å². The summed E-state index contributed by atoms with van der Waals surface area (Å²) in [7, 11) is 0. The maximum absolute atomic E-state index is 14.3. The number of aromatic nitrogens is 3. The SMILES string of the molecule is C[C@H](C(=O)O)n1c(SCC(=O)N2CCS[C@@H]2c2ccccc2F)nnc1-c1cccs1. The number of nitrogens with zero attached hydrogens (tertiary/aromatic N) is 4. The highest BCUT2D eigenvalue weighted by Gasteiger charge is 2.33. The molecule has 3 aromatic rings. The lowest BCUT2D eigenvalue weighted by Crippen LogP contribution is -2.32. The average Bonchev–Trinajstić information content (AvgIpc) is 3.51. The lowest BCUT2D eigenvalue weighted by molar-refractivity contribution is -0.140. The number of carboxylic acid groups (broad SMARTS) is 1. The number of hydrogen-bond acceptors (Lipinski definition) is 7. The van der Waals surface area contributed by atoms with Crippen LogP contribution in [-0.2, 0) is 9.59 Å². The minimum absolute atomic E-state index is 0.0560. The molecule has 31 heavy (non-hydrogen) atoms. The van der Waals surface area contributed by atoms with Gasteiger partial charge in [-0.15, -0.1) is 33.3 Å². The van der Waals surface area contributed by atoms with E-state index >= 15 is 0 Å². The summed E-state index contributed by atoms with van der Waals surface area (Å²) in [6.45, 7) is 2.09.